The molecule has 0 aromatic carbocycles. The summed E-state index contributed by atoms with van der Waals surface area (Å²) in [5, 5.41) is 19.7. The fourth-order valence-electron chi connectivity index (χ4n) is 4.70. The third-order valence-corrected chi connectivity index (χ3v) is 7.08. The van der Waals surface area contributed by atoms with Gasteiger partial charge in [-0.1, -0.05) is 31.6 Å². The Bertz CT molecular complexity index is 625. The molecule has 5 nitrogen and oxygen atoms in total. The predicted octanol–water partition coefficient (Wildman–Crippen LogP) is 5.58. The first-order chi connectivity index (χ1) is 13.4. The molecule has 1 fully saturated rings. The van der Waals surface area contributed by atoms with E-state index in [2.05, 4.69) is 27.4 Å². The Morgan fingerprint density at radius 1 is 1.31 bits per heavy atom. The summed E-state index contributed by atoms with van der Waals surface area (Å²) in [6, 6.07) is 0. The number of allylic oxidation sites excluding steroid dienone is 2. The molecule has 0 radical (unpaired) electrons. The molecule has 2 N–H and O–H groups in total. The molecule has 1 heterocycles. The van der Waals surface area contributed by atoms with Crippen LogP contribution in [0.1, 0.15) is 92.4 Å². The van der Waals surface area contributed by atoms with Gasteiger partial charge in [0, 0.05) is 0 Å². The quantitative estimate of drug-likeness (QED) is 0.385. The first kappa shape index (κ1) is 24.1. The Hall–Kier alpha value is -1.17. The number of carboxylic acids is 1. The maximum atomic E-state index is 11.1. The number of aliphatic hydroxyl groups excluding tert-OH is 1. The first-order valence-corrected chi connectivity index (χ1v) is 11.1. The predicted molar refractivity (Wildman–Crippen MR) is 114 cm³/mol. The summed E-state index contributed by atoms with van der Waals surface area (Å²) in [6.07, 6.45) is 7.06. The fraction of sp³-hybridized carbons (Fsp3) is 0.792. The molecule has 0 unspecified atom stereocenters. The summed E-state index contributed by atoms with van der Waals surface area (Å²) in [6.45, 7) is 14.6. The van der Waals surface area contributed by atoms with Crippen molar-refractivity contribution in [1.82, 2.24) is 0 Å². The van der Waals surface area contributed by atoms with Crippen molar-refractivity contribution in [3.05, 3.63) is 23.3 Å². The summed E-state index contributed by atoms with van der Waals surface area (Å²) in [4.78, 5) is 22.0. The van der Waals surface area contributed by atoms with Crippen LogP contribution in [0.3, 0.4) is 0 Å². The third kappa shape index (κ3) is 6.40. The molecule has 1 saturated heterocycles. The smallest absolute Gasteiger partial charge is 0.308 e. The minimum Gasteiger partial charge on any atom is -0.481 e. The second-order valence-corrected chi connectivity index (χ2v) is 10.0. The minimum absolute atomic E-state index is 0.248. The number of rotatable bonds is 9. The minimum atomic E-state index is -0.875. The van der Waals surface area contributed by atoms with E-state index in [1.54, 1.807) is 6.92 Å². The monoisotopic (exact) mass is 408 g/mol. The van der Waals surface area contributed by atoms with E-state index in [4.69, 9.17) is 14.9 Å². The van der Waals surface area contributed by atoms with Crippen LogP contribution in [0.2, 0.25) is 0 Å². The summed E-state index contributed by atoms with van der Waals surface area (Å²) in [7, 11) is 0. The van der Waals surface area contributed by atoms with Gasteiger partial charge in [-0.25, -0.2) is 9.78 Å². The van der Waals surface area contributed by atoms with Crippen LogP contribution in [0.4, 0.5) is 0 Å². The SMILES string of the molecule is C=C(CCC1=C(C)CCCC1(C)C)[C@H](O)CC[C@@]1(C)CC[C@H]([C@H](C)C(=O)O)OO1. The molecule has 29 heavy (non-hydrogen) atoms. The van der Waals surface area contributed by atoms with Crippen molar-refractivity contribution in [2.45, 2.75) is 110 Å². The van der Waals surface area contributed by atoms with E-state index in [9.17, 15) is 9.90 Å². The van der Waals surface area contributed by atoms with Crippen molar-refractivity contribution in [3.63, 3.8) is 0 Å². The highest BCUT2D eigenvalue weighted by Crippen LogP contribution is 2.43. The summed E-state index contributed by atoms with van der Waals surface area (Å²) >= 11 is 0. The molecule has 4 atom stereocenters. The molecule has 0 saturated carbocycles. The van der Waals surface area contributed by atoms with Crippen molar-refractivity contribution in [2.24, 2.45) is 11.3 Å². The van der Waals surface area contributed by atoms with Gasteiger partial charge in [-0.3, -0.25) is 4.79 Å². The molecule has 1 aliphatic carbocycles. The zero-order valence-corrected chi connectivity index (χ0v) is 18.9. The Labute approximate surface area is 176 Å². The molecule has 0 aromatic rings. The summed E-state index contributed by atoms with van der Waals surface area (Å²) in [5.74, 6) is -1.47. The van der Waals surface area contributed by atoms with Crippen molar-refractivity contribution >= 4 is 5.97 Å². The molecule has 0 bridgehead atoms. The van der Waals surface area contributed by atoms with Gasteiger partial charge in [0.15, 0.2) is 0 Å². The van der Waals surface area contributed by atoms with E-state index in [-0.39, 0.29) is 5.41 Å². The molecule has 1 aliphatic heterocycles. The van der Waals surface area contributed by atoms with Crippen LogP contribution in [-0.4, -0.2) is 34.0 Å². The number of carboxylic acid groups (broad SMARTS) is 1. The van der Waals surface area contributed by atoms with Gasteiger partial charge < -0.3 is 10.2 Å². The highest BCUT2D eigenvalue weighted by molar-refractivity contribution is 5.70. The Morgan fingerprint density at radius 3 is 2.55 bits per heavy atom. The van der Waals surface area contributed by atoms with Crippen LogP contribution >= 0.6 is 0 Å². The van der Waals surface area contributed by atoms with Gasteiger partial charge >= 0.3 is 5.97 Å². The van der Waals surface area contributed by atoms with Crippen LogP contribution in [0.5, 0.6) is 0 Å². The number of hydrogen-bond donors (Lipinski definition) is 2. The molecule has 0 amide bonds. The lowest BCUT2D eigenvalue weighted by Crippen LogP contribution is -2.41. The van der Waals surface area contributed by atoms with Gasteiger partial charge in [0.25, 0.3) is 0 Å². The van der Waals surface area contributed by atoms with E-state index >= 15 is 0 Å². The van der Waals surface area contributed by atoms with E-state index in [1.807, 2.05) is 6.92 Å². The van der Waals surface area contributed by atoms with E-state index < -0.39 is 29.7 Å². The fourth-order valence-corrected chi connectivity index (χ4v) is 4.70. The topological polar surface area (TPSA) is 76.0 Å². The maximum Gasteiger partial charge on any atom is 0.308 e. The maximum absolute atomic E-state index is 11.1. The first-order valence-electron chi connectivity index (χ1n) is 11.1. The van der Waals surface area contributed by atoms with Gasteiger partial charge in [0.2, 0.25) is 0 Å². The van der Waals surface area contributed by atoms with Crippen LogP contribution in [-0.2, 0) is 14.6 Å². The molecule has 166 valence electrons. The average Bonchev–Trinajstić information content (AvgIpc) is 2.65. The van der Waals surface area contributed by atoms with Gasteiger partial charge in [0.1, 0.15) is 11.7 Å². The zero-order valence-electron chi connectivity index (χ0n) is 18.9. The van der Waals surface area contributed by atoms with Gasteiger partial charge in [-0.2, -0.15) is 0 Å². The summed E-state index contributed by atoms with van der Waals surface area (Å²) in [5.41, 5.74) is 3.67. The molecular weight excluding hydrogens is 368 g/mol. The molecule has 0 aromatic heterocycles. The molecule has 2 rings (SSSR count). The molecule has 5 heteroatoms. The molecule has 2 aliphatic rings. The number of carbonyl (C=O) groups is 1. The average molecular weight is 409 g/mol. The molecular formula is C24H40O5. The lowest BCUT2D eigenvalue weighted by Gasteiger charge is -2.37. The van der Waals surface area contributed by atoms with Crippen molar-refractivity contribution < 1.29 is 24.8 Å². The zero-order chi connectivity index (χ0) is 21.8. The van der Waals surface area contributed by atoms with E-state index in [0.29, 0.717) is 19.3 Å². The van der Waals surface area contributed by atoms with Crippen molar-refractivity contribution in [3.8, 4) is 0 Å². The van der Waals surface area contributed by atoms with Gasteiger partial charge in [-0.15, -0.1) is 0 Å². The van der Waals surface area contributed by atoms with Crippen molar-refractivity contribution in [2.75, 3.05) is 0 Å². The van der Waals surface area contributed by atoms with Gasteiger partial charge in [-0.05, 0) is 89.5 Å². The van der Waals surface area contributed by atoms with Crippen LogP contribution in [0, 0.1) is 11.3 Å². The largest absolute Gasteiger partial charge is 0.481 e. The Balaban J connectivity index is 1.79. The Kier molecular flexibility index (Phi) is 8.11. The van der Waals surface area contributed by atoms with Gasteiger partial charge in [0.05, 0.1) is 12.0 Å². The second kappa shape index (κ2) is 9.76. The normalized spacial score (nSPS) is 29.4. The molecule has 0 spiro atoms. The highest BCUT2D eigenvalue weighted by atomic mass is 17.2. The standard InChI is InChI=1S/C24H40O5/c1-16-8-7-13-23(4,5)19(16)10-9-17(2)20(25)11-14-24(6)15-12-21(28-29-24)18(3)22(26)27/h18,20-21,25H,2,7-15H2,1,3-6H3,(H,26,27)/t18-,20+,21+,24-/m0/s1. The number of aliphatic carboxylic acids is 1. The second-order valence-electron chi connectivity index (χ2n) is 10.0. The third-order valence-electron chi connectivity index (χ3n) is 7.08. The van der Waals surface area contributed by atoms with Crippen LogP contribution in [0.25, 0.3) is 0 Å². The number of hydrogen-bond acceptors (Lipinski definition) is 4. The lowest BCUT2D eigenvalue weighted by molar-refractivity contribution is -0.411. The van der Waals surface area contributed by atoms with Crippen molar-refractivity contribution in [1.29, 1.82) is 0 Å². The lowest BCUT2D eigenvalue weighted by atomic mass is 9.71. The van der Waals surface area contributed by atoms with E-state index in [1.165, 1.54) is 30.4 Å². The Morgan fingerprint density at radius 2 is 2.00 bits per heavy atom. The van der Waals surface area contributed by atoms with Crippen LogP contribution in [0.15, 0.2) is 23.3 Å². The number of aliphatic hydroxyl groups is 1. The van der Waals surface area contributed by atoms with E-state index in [0.717, 1.165) is 24.8 Å². The highest BCUT2D eigenvalue weighted by Gasteiger charge is 2.38. The van der Waals surface area contributed by atoms with Crippen LogP contribution < -0.4 is 0 Å². The summed E-state index contributed by atoms with van der Waals surface area (Å²) < 4.78 is 0.